The van der Waals surface area contributed by atoms with Gasteiger partial charge in [-0.2, -0.15) is 0 Å². The first-order valence-electron chi connectivity index (χ1n) is 8.27. The highest BCUT2D eigenvalue weighted by atomic mass is 15.2. The lowest BCUT2D eigenvalue weighted by molar-refractivity contribution is 0.124. The molecule has 1 atom stereocenters. The monoisotopic (exact) mass is 250 g/mol. The summed E-state index contributed by atoms with van der Waals surface area (Å²) in [4.78, 5) is 2.77. The van der Waals surface area contributed by atoms with Crippen LogP contribution in [0.1, 0.15) is 58.3 Å². The van der Waals surface area contributed by atoms with Gasteiger partial charge < -0.3 is 5.32 Å². The van der Waals surface area contributed by atoms with Crippen molar-refractivity contribution in [3.05, 3.63) is 0 Å². The van der Waals surface area contributed by atoms with Gasteiger partial charge in [0.15, 0.2) is 0 Å². The second kappa shape index (κ2) is 5.50. The van der Waals surface area contributed by atoms with Gasteiger partial charge in [0.25, 0.3) is 0 Å². The number of hydrogen-bond acceptors (Lipinski definition) is 2. The number of rotatable bonds is 4. The Morgan fingerprint density at radius 1 is 1.17 bits per heavy atom. The summed E-state index contributed by atoms with van der Waals surface area (Å²) in [5.74, 6) is 0.971. The molecule has 0 aromatic heterocycles. The van der Waals surface area contributed by atoms with Crippen LogP contribution >= 0.6 is 0 Å². The molecule has 1 heterocycles. The molecule has 2 heteroatoms. The van der Waals surface area contributed by atoms with Crippen LogP contribution in [0.2, 0.25) is 0 Å². The zero-order valence-corrected chi connectivity index (χ0v) is 12.1. The Labute approximate surface area is 113 Å². The largest absolute Gasteiger partial charge is 0.311 e. The minimum atomic E-state index is 0.731. The van der Waals surface area contributed by atoms with Crippen LogP contribution in [-0.2, 0) is 0 Å². The number of nitrogens with one attached hydrogen (secondary N) is 1. The highest BCUT2D eigenvalue weighted by Gasteiger charge is 2.42. The number of piperazine rings is 1. The molecule has 1 saturated heterocycles. The molecule has 18 heavy (non-hydrogen) atoms. The zero-order valence-electron chi connectivity index (χ0n) is 12.1. The fraction of sp³-hybridized carbons (Fsp3) is 1.00. The molecule has 1 aliphatic heterocycles. The van der Waals surface area contributed by atoms with Crippen molar-refractivity contribution in [2.75, 3.05) is 26.2 Å². The number of hydrogen-bond donors (Lipinski definition) is 1. The van der Waals surface area contributed by atoms with Crippen LogP contribution in [0.25, 0.3) is 0 Å². The van der Waals surface area contributed by atoms with Gasteiger partial charge in [0, 0.05) is 32.2 Å². The van der Waals surface area contributed by atoms with E-state index in [-0.39, 0.29) is 0 Å². The summed E-state index contributed by atoms with van der Waals surface area (Å²) in [5.41, 5.74) is 0.731. The molecule has 3 rings (SSSR count). The summed E-state index contributed by atoms with van der Waals surface area (Å²) >= 11 is 0. The van der Waals surface area contributed by atoms with Crippen molar-refractivity contribution < 1.29 is 0 Å². The minimum absolute atomic E-state index is 0.731. The first kappa shape index (κ1) is 12.9. The average Bonchev–Trinajstić information content (AvgIpc) is 3.20. The summed E-state index contributed by atoms with van der Waals surface area (Å²) in [6.07, 6.45) is 11.7. The Bertz CT molecular complexity index is 266. The fourth-order valence-electron chi connectivity index (χ4n) is 4.11. The second-order valence-corrected chi connectivity index (χ2v) is 7.05. The van der Waals surface area contributed by atoms with E-state index in [0.29, 0.717) is 0 Å². The van der Waals surface area contributed by atoms with Crippen molar-refractivity contribution in [3.63, 3.8) is 0 Å². The molecule has 1 unspecified atom stereocenters. The smallest absolute Gasteiger partial charge is 0.0223 e. The highest BCUT2D eigenvalue weighted by molar-refractivity contribution is 4.96. The van der Waals surface area contributed by atoms with Gasteiger partial charge in [-0.15, -0.1) is 0 Å². The average molecular weight is 250 g/mol. The van der Waals surface area contributed by atoms with Crippen molar-refractivity contribution >= 4 is 0 Å². The predicted octanol–water partition coefficient (Wildman–Crippen LogP) is 3.03. The third kappa shape index (κ3) is 2.91. The summed E-state index contributed by atoms with van der Waals surface area (Å²) in [6.45, 7) is 7.60. The molecule has 0 spiro atoms. The van der Waals surface area contributed by atoms with E-state index in [9.17, 15) is 0 Å². The Morgan fingerprint density at radius 2 is 1.94 bits per heavy atom. The van der Waals surface area contributed by atoms with Gasteiger partial charge in [0.1, 0.15) is 0 Å². The summed E-state index contributed by atoms with van der Waals surface area (Å²) < 4.78 is 0. The maximum absolute atomic E-state index is 3.80. The van der Waals surface area contributed by atoms with Crippen molar-refractivity contribution in [2.24, 2.45) is 11.3 Å². The van der Waals surface area contributed by atoms with Gasteiger partial charge in [0.05, 0.1) is 0 Å². The molecular weight excluding hydrogens is 220 g/mol. The topological polar surface area (TPSA) is 15.3 Å². The second-order valence-electron chi connectivity index (χ2n) is 7.05. The van der Waals surface area contributed by atoms with E-state index in [2.05, 4.69) is 17.1 Å². The molecule has 2 nitrogen and oxygen atoms in total. The minimum Gasteiger partial charge on any atom is -0.311 e. The van der Waals surface area contributed by atoms with E-state index < -0.39 is 0 Å². The quantitative estimate of drug-likeness (QED) is 0.825. The molecule has 0 radical (unpaired) electrons. The first-order chi connectivity index (χ1) is 8.81. The van der Waals surface area contributed by atoms with Crippen molar-refractivity contribution in [1.82, 2.24) is 10.2 Å². The summed E-state index contributed by atoms with van der Waals surface area (Å²) in [7, 11) is 0. The van der Waals surface area contributed by atoms with E-state index in [1.807, 2.05) is 0 Å². The lowest BCUT2D eigenvalue weighted by atomic mass is 9.83. The Morgan fingerprint density at radius 3 is 2.61 bits per heavy atom. The van der Waals surface area contributed by atoms with Crippen LogP contribution in [-0.4, -0.2) is 37.1 Å². The van der Waals surface area contributed by atoms with Crippen molar-refractivity contribution in [3.8, 4) is 0 Å². The van der Waals surface area contributed by atoms with E-state index in [4.69, 9.17) is 0 Å². The van der Waals surface area contributed by atoms with Gasteiger partial charge in [-0.3, -0.25) is 4.90 Å². The van der Waals surface area contributed by atoms with E-state index in [0.717, 1.165) is 17.4 Å². The SMILES string of the molecule is CCC1(CN2CCNC(C3CCCCC3)C2)CC1. The molecule has 0 aromatic carbocycles. The van der Waals surface area contributed by atoms with Crippen LogP contribution in [0.5, 0.6) is 0 Å². The van der Waals surface area contributed by atoms with Crippen LogP contribution in [0.3, 0.4) is 0 Å². The maximum atomic E-state index is 3.80. The molecule has 104 valence electrons. The van der Waals surface area contributed by atoms with E-state index >= 15 is 0 Å². The maximum Gasteiger partial charge on any atom is 0.0223 e. The lowest BCUT2D eigenvalue weighted by Gasteiger charge is -2.40. The lowest BCUT2D eigenvalue weighted by Crippen LogP contribution is -2.55. The highest BCUT2D eigenvalue weighted by Crippen LogP contribution is 2.49. The molecule has 0 bridgehead atoms. The van der Waals surface area contributed by atoms with Gasteiger partial charge in [-0.1, -0.05) is 26.2 Å². The van der Waals surface area contributed by atoms with Crippen LogP contribution < -0.4 is 5.32 Å². The standard InChI is InChI=1S/C16H30N2/c1-2-16(8-9-16)13-18-11-10-17-15(12-18)14-6-4-3-5-7-14/h14-15,17H,2-13H2,1H3. The van der Waals surface area contributed by atoms with Crippen LogP contribution in [0, 0.1) is 11.3 Å². The van der Waals surface area contributed by atoms with E-state index in [1.54, 1.807) is 0 Å². The molecule has 2 aliphatic carbocycles. The van der Waals surface area contributed by atoms with Gasteiger partial charge in [0.2, 0.25) is 0 Å². The molecule has 0 amide bonds. The van der Waals surface area contributed by atoms with Gasteiger partial charge in [-0.05, 0) is 43.4 Å². The molecular formula is C16H30N2. The Balaban J connectivity index is 1.51. The summed E-state index contributed by atoms with van der Waals surface area (Å²) in [5, 5.41) is 3.80. The fourth-order valence-corrected chi connectivity index (χ4v) is 4.11. The van der Waals surface area contributed by atoms with Crippen molar-refractivity contribution in [1.29, 1.82) is 0 Å². The van der Waals surface area contributed by atoms with E-state index in [1.165, 1.54) is 77.5 Å². The van der Waals surface area contributed by atoms with Crippen LogP contribution in [0.4, 0.5) is 0 Å². The third-order valence-electron chi connectivity index (χ3n) is 5.77. The molecule has 2 saturated carbocycles. The van der Waals surface area contributed by atoms with Crippen LogP contribution in [0.15, 0.2) is 0 Å². The summed E-state index contributed by atoms with van der Waals surface area (Å²) in [6, 6.07) is 0.798. The Hall–Kier alpha value is -0.0800. The molecule has 3 fully saturated rings. The zero-order chi connectivity index (χ0) is 12.4. The van der Waals surface area contributed by atoms with Gasteiger partial charge in [-0.25, -0.2) is 0 Å². The third-order valence-corrected chi connectivity index (χ3v) is 5.77. The first-order valence-corrected chi connectivity index (χ1v) is 8.27. The molecule has 0 aromatic rings. The predicted molar refractivity (Wildman–Crippen MR) is 76.8 cm³/mol. The molecule has 3 aliphatic rings. The molecule has 1 N–H and O–H groups in total. The van der Waals surface area contributed by atoms with Crippen molar-refractivity contribution in [2.45, 2.75) is 64.3 Å². The number of nitrogens with zero attached hydrogens (tertiary/aromatic N) is 1. The normalized spacial score (nSPS) is 33.5. The van der Waals surface area contributed by atoms with Gasteiger partial charge >= 0.3 is 0 Å². The Kier molecular flexibility index (Phi) is 3.95.